The standard InChI is InChI=1S/C16H29NO4Si/c1-15(2,3)22(6,7)18-10-12-14-13(11(19-12)8-9-17)20-16(4,5)21-14/h11-14H,8,10H2,1-7H3/t11?,12-,13+,14-/m1/s1. The molecule has 22 heavy (non-hydrogen) atoms. The second-order valence-corrected chi connectivity index (χ2v) is 13.0. The van der Waals surface area contributed by atoms with Gasteiger partial charge in [0.25, 0.3) is 0 Å². The molecule has 1 unspecified atom stereocenters. The number of rotatable bonds is 4. The molecule has 2 heterocycles. The topological polar surface area (TPSA) is 60.7 Å². The smallest absolute Gasteiger partial charge is 0.192 e. The number of hydrogen-bond donors (Lipinski definition) is 0. The highest BCUT2D eigenvalue weighted by atomic mass is 28.4. The molecule has 2 aliphatic heterocycles. The zero-order chi connectivity index (χ0) is 16.8. The highest BCUT2D eigenvalue weighted by molar-refractivity contribution is 6.74. The number of nitriles is 1. The summed E-state index contributed by atoms with van der Waals surface area (Å²) in [6.45, 7) is 15.4. The van der Waals surface area contributed by atoms with Crippen molar-refractivity contribution in [3.05, 3.63) is 0 Å². The van der Waals surface area contributed by atoms with Crippen molar-refractivity contribution in [2.45, 2.75) is 89.4 Å². The van der Waals surface area contributed by atoms with Crippen molar-refractivity contribution in [1.29, 1.82) is 5.26 Å². The van der Waals surface area contributed by atoms with Gasteiger partial charge >= 0.3 is 0 Å². The Bertz CT molecular complexity index is 452. The van der Waals surface area contributed by atoms with E-state index in [4.69, 9.17) is 23.9 Å². The van der Waals surface area contributed by atoms with Crippen molar-refractivity contribution in [3.63, 3.8) is 0 Å². The third-order valence-corrected chi connectivity index (χ3v) is 9.45. The third kappa shape index (κ3) is 3.55. The molecule has 6 heteroatoms. The first kappa shape index (κ1) is 17.9. The summed E-state index contributed by atoms with van der Waals surface area (Å²) < 4.78 is 24.2. The second kappa shape index (κ2) is 5.88. The van der Waals surface area contributed by atoms with Gasteiger partial charge < -0.3 is 18.6 Å². The largest absolute Gasteiger partial charge is 0.414 e. The molecule has 2 fully saturated rings. The minimum atomic E-state index is -1.83. The summed E-state index contributed by atoms with van der Waals surface area (Å²) in [5.74, 6) is -0.623. The Hall–Kier alpha value is -0.453. The fraction of sp³-hybridized carbons (Fsp3) is 0.938. The maximum absolute atomic E-state index is 8.98. The Labute approximate surface area is 135 Å². The van der Waals surface area contributed by atoms with E-state index in [1.54, 1.807) is 0 Å². The molecule has 0 aliphatic carbocycles. The lowest BCUT2D eigenvalue weighted by Gasteiger charge is -2.37. The van der Waals surface area contributed by atoms with Gasteiger partial charge in [0.15, 0.2) is 14.1 Å². The van der Waals surface area contributed by atoms with Gasteiger partial charge in [-0.3, -0.25) is 0 Å². The minimum Gasteiger partial charge on any atom is -0.414 e. The van der Waals surface area contributed by atoms with E-state index in [2.05, 4.69) is 39.9 Å². The van der Waals surface area contributed by atoms with Crippen LogP contribution < -0.4 is 0 Å². The molecule has 0 aromatic rings. The van der Waals surface area contributed by atoms with Gasteiger partial charge in [-0.1, -0.05) is 20.8 Å². The molecule has 0 aromatic carbocycles. The summed E-state index contributed by atoms with van der Waals surface area (Å²) in [5.41, 5.74) is 0. The zero-order valence-corrected chi connectivity index (χ0v) is 15.8. The van der Waals surface area contributed by atoms with Crippen LogP contribution >= 0.6 is 0 Å². The molecule has 2 saturated heterocycles. The average Bonchev–Trinajstić information content (AvgIpc) is 2.81. The van der Waals surface area contributed by atoms with Crippen LogP contribution in [0.15, 0.2) is 0 Å². The first-order valence-corrected chi connectivity index (χ1v) is 10.9. The van der Waals surface area contributed by atoms with E-state index >= 15 is 0 Å². The van der Waals surface area contributed by atoms with Crippen LogP contribution in [0.3, 0.4) is 0 Å². The lowest BCUT2D eigenvalue weighted by molar-refractivity contribution is -0.189. The van der Waals surface area contributed by atoms with Crippen LogP contribution in [0.2, 0.25) is 18.1 Å². The first-order valence-electron chi connectivity index (χ1n) is 7.99. The van der Waals surface area contributed by atoms with Crippen molar-refractivity contribution >= 4 is 8.32 Å². The SMILES string of the molecule is CC1(C)O[C@@H]2[C@@H](CO[Si](C)(C)C(C)(C)C)OC(CC#N)[C@@H]2O1. The van der Waals surface area contributed by atoms with Gasteiger partial charge in [0.2, 0.25) is 0 Å². The van der Waals surface area contributed by atoms with Crippen LogP contribution in [0.5, 0.6) is 0 Å². The Morgan fingerprint density at radius 1 is 1.14 bits per heavy atom. The molecular formula is C16H29NO4Si. The number of ether oxygens (including phenoxy) is 3. The summed E-state index contributed by atoms with van der Waals surface area (Å²) in [6, 6.07) is 2.17. The van der Waals surface area contributed by atoms with Gasteiger partial charge in [0.1, 0.15) is 24.4 Å². The van der Waals surface area contributed by atoms with Gasteiger partial charge in [0.05, 0.1) is 19.1 Å². The summed E-state index contributed by atoms with van der Waals surface area (Å²) in [7, 11) is -1.83. The van der Waals surface area contributed by atoms with Crippen molar-refractivity contribution < 1.29 is 18.6 Å². The predicted octanol–water partition coefficient (Wildman–Crippen LogP) is 3.21. The Morgan fingerprint density at radius 3 is 2.18 bits per heavy atom. The van der Waals surface area contributed by atoms with Gasteiger partial charge in [0, 0.05) is 0 Å². The Kier molecular flexibility index (Phi) is 4.78. The fourth-order valence-corrected chi connectivity index (χ4v) is 3.68. The van der Waals surface area contributed by atoms with E-state index in [9.17, 15) is 0 Å². The molecule has 2 aliphatic rings. The van der Waals surface area contributed by atoms with Gasteiger partial charge in [-0.05, 0) is 32.0 Å². The van der Waals surface area contributed by atoms with Crippen LogP contribution in [-0.4, -0.2) is 45.1 Å². The molecule has 0 radical (unpaired) electrons. The van der Waals surface area contributed by atoms with E-state index in [0.29, 0.717) is 13.0 Å². The third-order valence-electron chi connectivity index (χ3n) is 4.95. The maximum Gasteiger partial charge on any atom is 0.192 e. The molecule has 0 bridgehead atoms. The van der Waals surface area contributed by atoms with E-state index in [0.717, 1.165) is 0 Å². The van der Waals surface area contributed by atoms with Crippen LogP contribution in [-0.2, 0) is 18.6 Å². The number of nitrogens with zero attached hydrogens (tertiary/aromatic N) is 1. The molecule has 5 nitrogen and oxygen atoms in total. The van der Waals surface area contributed by atoms with Gasteiger partial charge in [-0.25, -0.2) is 0 Å². The molecule has 0 N–H and O–H groups in total. The van der Waals surface area contributed by atoms with Gasteiger partial charge in [-0.15, -0.1) is 0 Å². The van der Waals surface area contributed by atoms with E-state index in [-0.39, 0.29) is 29.5 Å². The quantitative estimate of drug-likeness (QED) is 0.742. The Morgan fingerprint density at radius 2 is 1.68 bits per heavy atom. The maximum atomic E-state index is 8.98. The fourth-order valence-electron chi connectivity index (χ4n) is 2.67. The summed E-state index contributed by atoms with van der Waals surface area (Å²) >= 11 is 0. The average molecular weight is 327 g/mol. The van der Waals surface area contributed by atoms with Crippen LogP contribution in [0.4, 0.5) is 0 Å². The number of fused-ring (bicyclic) bond motifs is 1. The first-order chi connectivity index (χ1) is 9.97. The lowest BCUT2D eigenvalue weighted by atomic mass is 10.1. The lowest BCUT2D eigenvalue weighted by Crippen LogP contribution is -2.44. The van der Waals surface area contributed by atoms with E-state index < -0.39 is 14.1 Å². The monoisotopic (exact) mass is 327 g/mol. The summed E-state index contributed by atoms with van der Waals surface area (Å²) in [5, 5.41) is 9.13. The molecule has 0 spiro atoms. The molecule has 126 valence electrons. The highest BCUT2D eigenvalue weighted by Gasteiger charge is 2.55. The minimum absolute atomic E-state index is 0.155. The second-order valence-electron chi connectivity index (χ2n) is 8.21. The van der Waals surface area contributed by atoms with Crippen molar-refractivity contribution in [2.24, 2.45) is 0 Å². The van der Waals surface area contributed by atoms with E-state index in [1.807, 2.05) is 13.8 Å². The van der Waals surface area contributed by atoms with Crippen molar-refractivity contribution in [3.8, 4) is 6.07 Å². The normalized spacial score (nSPS) is 34.5. The summed E-state index contributed by atoms with van der Waals surface area (Å²) in [4.78, 5) is 0. The highest BCUT2D eigenvalue weighted by Crippen LogP contribution is 2.41. The molecular weight excluding hydrogens is 298 g/mol. The molecule has 0 amide bonds. The van der Waals surface area contributed by atoms with E-state index in [1.165, 1.54) is 0 Å². The van der Waals surface area contributed by atoms with Crippen molar-refractivity contribution in [1.82, 2.24) is 0 Å². The van der Waals surface area contributed by atoms with Crippen LogP contribution in [0.25, 0.3) is 0 Å². The molecule has 2 rings (SSSR count). The zero-order valence-electron chi connectivity index (χ0n) is 14.8. The molecule has 0 saturated carbocycles. The van der Waals surface area contributed by atoms with Gasteiger partial charge in [-0.2, -0.15) is 5.26 Å². The van der Waals surface area contributed by atoms with Crippen molar-refractivity contribution in [2.75, 3.05) is 6.61 Å². The molecule has 0 aromatic heterocycles. The van der Waals surface area contributed by atoms with Crippen LogP contribution in [0.1, 0.15) is 41.0 Å². The predicted molar refractivity (Wildman–Crippen MR) is 85.9 cm³/mol. The Balaban J connectivity index is 2.04. The number of hydrogen-bond acceptors (Lipinski definition) is 5. The summed E-state index contributed by atoms with van der Waals surface area (Å²) in [6.07, 6.45) is -0.415. The van der Waals surface area contributed by atoms with Crippen LogP contribution in [0, 0.1) is 11.3 Å². The molecule has 4 atom stereocenters.